The Morgan fingerprint density at radius 1 is 1.39 bits per heavy atom. The standard InChI is InChI=1S/C12H11FN2O3/c1-15-12(18)9(6-10(16)17)11(14-15)7-2-4-8(13)5-3-7/h2-5,14H,6H2,1H3,(H,16,17). The van der Waals surface area contributed by atoms with E-state index in [1.165, 1.54) is 36.0 Å². The summed E-state index contributed by atoms with van der Waals surface area (Å²) in [6.45, 7) is 0. The molecule has 1 aromatic heterocycles. The first-order valence-corrected chi connectivity index (χ1v) is 5.24. The second-order valence-corrected chi connectivity index (χ2v) is 3.91. The molecule has 0 atom stereocenters. The molecule has 0 amide bonds. The van der Waals surface area contributed by atoms with E-state index >= 15 is 0 Å². The number of nitrogens with zero attached hydrogens (tertiary/aromatic N) is 1. The summed E-state index contributed by atoms with van der Waals surface area (Å²) in [5, 5.41) is 11.6. The van der Waals surface area contributed by atoms with E-state index in [2.05, 4.69) is 5.10 Å². The molecule has 0 bridgehead atoms. The fraction of sp³-hybridized carbons (Fsp3) is 0.167. The molecule has 0 spiro atoms. The highest BCUT2D eigenvalue weighted by atomic mass is 19.1. The van der Waals surface area contributed by atoms with Crippen molar-refractivity contribution in [2.75, 3.05) is 0 Å². The third kappa shape index (κ3) is 2.17. The lowest BCUT2D eigenvalue weighted by Gasteiger charge is -2.00. The molecule has 0 unspecified atom stereocenters. The van der Waals surface area contributed by atoms with Crippen LogP contribution in [0.25, 0.3) is 11.3 Å². The van der Waals surface area contributed by atoms with Gasteiger partial charge in [-0.25, -0.2) is 4.39 Å². The lowest BCUT2D eigenvalue weighted by Crippen LogP contribution is -2.17. The zero-order chi connectivity index (χ0) is 13.3. The molecule has 2 rings (SSSR count). The lowest BCUT2D eigenvalue weighted by atomic mass is 10.1. The summed E-state index contributed by atoms with van der Waals surface area (Å²) in [6.07, 6.45) is -0.372. The Balaban J connectivity index is 2.56. The number of H-pyrrole nitrogens is 1. The number of nitrogens with one attached hydrogen (secondary N) is 1. The van der Waals surface area contributed by atoms with Crippen LogP contribution in [0.1, 0.15) is 5.56 Å². The van der Waals surface area contributed by atoms with E-state index in [-0.39, 0.29) is 12.0 Å². The average Bonchev–Trinajstić information content (AvgIpc) is 2.58. The summed E-state index contributed by atoms with van der Waals surface area (Å²) in [5.74, 6) is -1.48. The molecule has 0 aliphatic rings. The first-order valence-electron chi connectivity index (χ1n) is 5.24. The minimum absolute atomic E-state index is 0.164. The van der Waals surface area contributed by atoms with E-state index in [0.29, 0.717) is 11.3 Å². The summed E-state index contributed by atoms with van der Waals surface area (Å²) in [7, 11) is 1.50. The van der Waals surface area contributed by atoms with Crippen LogP contribution >= 0.6 is 0 Å². The summed E-state index contributed by atoms with van der Waals surface area (Å²) in [4.78, 5) is 22.5. The van der Waals surface area contributed by atoms with Crippen molar-refractivity contribution in [1.29, 1.82) is 0 Å². The molecular formula is C12H11FN2O3. The molecule has 1 heterocycles. The Morgan fingerprint density at radius 2 is 2.00 bits per heavy atom. The predicted molar refractivity (Wildman–Crippen MR) is 62.8 cm³/mol. The van der Waals surface area contributed by atoms with Crippen LogP contribution in [0.2, 0.25) is 0 Å². The number of halogens is 1. The minimum atomic E-state index is -1.09. The minimum Gasteiger partial charge on any atom is -0.481 e. The van der Waals surface area contributed by atoms with Gasteiger partial charge in [-0.3, -0.25) is 19.4 Å². The molecule has 0 fully saturated rings. The third-order valence-corrected chi connectivity index (χ3v) is 2.60. The number of carboxylic acid groups (broad SMARTS) is 1. The maximum atomic E-state index is 12.8. The van der Waals surface area contributed by atoms with Gasteiger partial charge in [0.2, 0.25) is 0 Å². The zero-order valence-corrected chi connectivity index (χ0v) is 9.61. The molecule has 0 saturated carbocycles. The topological polar surface area (TPSA) is 75.1 Å². The predicted octanol–water partition coefficient (Wildman–Crippen LogP) is 1.15. The second-order valence-electron chi connectivity index (χ2n) is 3.91. The number of benzene rings is 1. The van der Waals surface area contributed by atoms with Crippen LogP contribution in [-0.4, -0.2) is 20.9 Å². The van der Waals surface area contributed by atoms with Crippen LogP contribution < -0.4 is 5.56 Å². The van der Waals surface area contributed by atoms with Gasteiger partial charge in [0.1, 0.15) is 5.82 Å². The van der Waals surface area contributed by atoms with Crippen molar-refractivity contribution in [3.63, 3.8) is 0 Å². The third-order valence-electron chi connectivity index (χ3n) is 2.60. The Kier molecular flexibility index (Phi) is 3.01. The number of carbonyl (C=O) groups is 1. The van der Waals surface area contributed by atoms with E-state index in [9.17, 15) is 14.0 Å². The van der Waals surface area contributed by atoms with Crippen LogP contribution in [0, 0.1) is 5.82 Å². The van der Waals surface area contributed by atoms with E-state index in [4.69, 9.17) is 5.11 Å². The van der Waals surface area contributed by atoms with Gasteiger partial charge in [0.05, 0.1) is 17.7 Å². The Labute approximate surface area is 101 Å². The molecule has 1 aromatic carbocycles. The van der Waals surface area contributed by atoms with Crippen LogP contribution in [0.15, 0.2) is 29.1 Å². The van der Waals surface area contributed by atoms with Crippen LogP contribution in [0.3, 0.4) is 0 Å². The van der Waals surface area contributed by atoms with Crippen molar-refractivity contribution in [2.24, 2.45) is 7.05 Å². The SMILES string of the molecule is Cn1[nH]c(-c2ccc(F)cc2)c(CC(=O)O)c1=O. The number of aromatic amines is 1. The summed E-state index contributed by atoms with van der Waals surface area (Å²) < 4.78 is 14.0. The first-order chi connectivity index (χ1) is 8.49. The Hall–Kier alpha value is -2.37. The largest absolute Gasteiger partial charge is 0.481 e. The summed E-state index contributed by atoms with van der Waals surface area (Å²) >= 11 is 0. The quantitative estimate of drug-likeness (QED) is 0.857. The highest BCUT2D eigenvalue weighted by molar-refractivity contribution is 5.74. The molecule has 18 heavy (non-hydrogen) atoms. The number of carboxylic acids is 1. The molecule has 5 nitrogen and oxygen atoms in total. The van der Waals surface area contributed by atoms with Crippen molar-refractivity contribution in [1.82, 2.24) is 9.78 Å². The monoisotopic (exact) mass is 250 g/mol. The highest BCUT2D eigenvalue weighted by Crippen LogP contribution is 2.20. The molecule has 0 saturated heterocycles. The van der Waals surface area contributed by atoms with E-state index < -0.39 is 17.3 Å². The lowest BCUT2D eigenvalue weighted by molar-refractivity contribution is -0.136. The van der Waals surface area contributed by atoms with Gasteiger partial charge in [-0.1, -0.05) is 0 Å². The number of aliphatic carboxylic acids is 1. The number of hydrogen-bond donors (Lipinski definition) is 2. The number of aryl methyl sites for hydroxylation is 1. The van der Waals surface area contributed by atoms with Crippen molar-refractivity contribution >= 4 is 5.97 Å². The summed E-state index contributed by atoms with van der Waals surface area (Å²) in [6, 6.07) is 5.49. The van der Waals surface area contributed by atoms with Crippen molar-refractivity contribution in [3.05, 3.63) is 46.0 Å². The van der Waals surface area contributed by atoms with Gasteiger partial charge in [0, 0.05) is 12.6 Å². The molecule has 0 aliphatic carbocycles. The molecular weight excluding hydrogens is 239 g/mol. The number of hydrogen-bond acceptors (Lipinski definition) is 2. The van der Waals surface area contributed by atoms with Crippen LogP contribution in [0.4, 0.5) is 4.39 Å². The zero-order valence-electron chi connectivity index (χ0n) is 9.61. The van der Waals surface area contributed by atoms with Gasteiger partial charge < -0.3 is 5.11 Å². The van der Waals surface area contributed by atoms with Gasteiger partial charge >= 0.3 is 5.97 Å². The van der Waals surface area contributed by atoms with Gasteiger partial charge in [-0.05, 0) is 24.3 Å². The van der Waals surface area contributed by atoms with Crippen molar-refractivity contribution < 1.29 is 14.3 Å². The number of aromatic nitrogens is 2. The molecule has 94 valence electrons. The molecule has 2 aromatic rings. The van der Waals surface area contributed by atoms with Gasteiger partial charge in [0.15, 0.2) is 0 Å². The van der Waals surface area contributed by atoms with Crippen molar-refractivity contribution in [2.45, 2.75) is 6.42 Å². The maximum absolute atomic E-state index is 12.8. The Morgan fingerprint density at radius 3 is 2.56 bits per heavy atom. The van der Waals surface area contributed by atoms with E-state index in [1.54, 1.807) is 0 Å². The fourth-order valence-corrected chi connectivity index (χ4v) is 1.77. The summed E-state index contributed by atoms with van der Waals surface area (Å²) in [5.41, 5.74) is 0.753. The smallest absolute Gasteiger partial charge is 0.308 e. The van der Waals surface area contributed by atoms with Gasteiger partial charge in [-0.2, -0.15) is 0 Å². The molecule has 6 heteroatoms. The van der Waals surface area contributed by atoms with E-state index in [1.807, 2.05) is 0 Å². The van der Waals surface area contributed by atoms with Gasteiger partial charge in [0.25, 0.3) is 5.56 Å². The van der Waals surface area contributed by atoms with Crippen LogP contribution in [0.5, 0.6) is 0 Å². The molecule has 0 radical (unpaired) electrons. The first kappa shape index (κ1) is 12.1. The average molecular weight is 250 g/mol. The molecule has 2 N–H and O–H groups in total. The van der Waals surface area contributed by atoms with Crippen LogP contribution in [-0.2, 0) is 18.3 Å². The molecule has 0 aliphatic heterocycles. The fourth-order valence-electron chi connectivity index (χ4n) is 1.77. The Bertz CT molecular complexity index is 640. The van der Waals surface area contributed by atoms with E-state index in [0.717, 1.165) is 0 Å². The van der Waals surface area contributed by atoms with Gasteiger partial charge in [-0.15, -0.1) is 0 Å². The van der Waals surface area contributed by atoms with Crippen molar-refractivity contribution in [3.8, 4) is 11.3 Å². The maximum Gasteiger partial charge on any atom is 0.308 e. The normalized spacial score (nSPS) is 10.6. The highest BCUT2D eigenvalue weighted by Gasteiger charge is 2.16. The second kappa shape index (κ2) is 4.48. The number of rotatable bonds is 3.